The quantitative estimate of drug-likeness (QED) is 0.287. The molecule has 0 spiro atoms. The van der Waals surface area contributed by atoms with Crippen molar-refractivity contribution in [1.82, 2.24) is 0 Å². The lowest BCUT2D eigenvalue weighted by molar-refractivity contribution is 0.0735. The minimum Gasteiger partial charge on any atom is -0.460 e. The summed E-state index contributed by atoms with van der Waals surface area (Å²) in [4.78, 5) is 25.2. The molecular weight excluding hydrogens is 439 g/mol. The minimum atomic E-state index is -0.630. The monoisotopic (exact) mass is 452 g/mol. The molecular formula is C23H14BrFO4. The Morgan fingerprint density at radius 1 is 1.00 bits per heavy atom. The maximum absolute atomic E-state index is 13.0. The second kappa shape index (κ2) is 7.64. The third-order valence-electron chi connectivity index (χ3n) is 4.46. The zero-order valence-electron chi connectivity index (χ0n) is 15.2. The fourth-order valence-corrected chi connectivity index (χ4v) is 3.32. The van der Waals surface area contributed by atoms with E-state index in [1.165, 1.54) is 36.4 Å². The van der Waals surface area contributed by atoms with Gasteiger partial charge in [-0.3, -0.25) is 4.79 Å². The zero-order chi connectivity index (χ0) is 20.5. The Balaban J connectivity index is 1.71. The fraction of sp³-hybridized carbons (Fsp3) is 0.0435. The zero-order valence-corrected chi connectivity index (χ0v) is 16.8. The first-order valence-electron chi connectivity index (χ1n) is 8.73. The predicted molar refractivity (Wildman–Crippen MR) is 112 cm³/mol. The van der Waals surface area contributed by atoms with E-state index in [1.807, 2.05) is 24.3 Å². The Hall–Kier alpha value is -3.25. The van der Waals surface area contributed by atoms with Gasteiger partial charge < -0.3 is 9.15 Å². The van der Waals surface area contributed by atoms with Crippen molar-refractivity contribution in [2.24, 2.45) is 0 Å². The molecule has 0 saturated heterocycles. The first-order chi connectivity index (χ1) is 13.9. The first kappa shape index (κ1) is 19.1. The van der Waals surface area contributed by atoms with Gasteiger partial charge in [0.25, 0.3) is 0 Å². The number of fused-ring (bicyclic) bond motifs is 1. The molecule has 4 rings (SSSR count). The Kier molecular flexibility index (Phi) is 5.03. The molecule has 0 bridgehead atoms. The summed E-state index contributed by atoms with van der Waals surface area (Å²) in [6, 6.07) is 17.0. The molecule has 0 fully saturated rings. The SMILES string of the molecule is Cc1oc2cc(OC(=O)c3ccc(F)cc3)ccc2c(=O)c1-c1ccc(Br)cc1. The number of ether oxygens (including phenoxy) is 1. The first-order valence-corrected chi connectivity index (χ1v) is 9.53. The summed E-state index contributed by atoms with van der Waals surface area (Å²) in [5, 5.41) is 0.384. The molecule has 0 saturated carbocycles. The molecule has 0 atom stereocenters. The van der Waals surface area contributed by atoms with Crippen molar-refractivity contribution in [2.75, 3.05) is 0 Å². The molecule has 0 aliphatic heterocycles. The highest BCUT2D eigenvalue weighted by Gasteiger charge is 2.15. The van der Waals surface area contributed by atoms with Crippen molar-refractivity contribution in [3.05, 3.63) is 98.6 Å². The molecule has 0 N–H and O–H groups in total. The van der Waals surface area contributed by atoms with Crippen LogP contribution in [0.4, 0.5) is 4.39 Å². The summed E-state index contributed by atoms with van der Waals surface area (Å²) < 4.78 is 25.1. The van der Waals surface area contributed by atoms with Gasteiger partial charge in [-0.2, -0.15) is 0 Å². The van der Waals surface area contributed by atoms with Gasteiger partial charge in [0.15, 0.2) is 0 Å². The van der Waals surface area contributed by atoms with Gasteiger partial charge in [0.1, 0.15) is 22.9 Å². The Morgan fingerprint density at radius 2 is 1.69 bits per heavy atom. The van der Waals surface area contributed by atoms with Gasteiger partial charge in [0.2, 0.25) is 5.43 Å². The summed E-state index contributed by atoms with van der Waals surface area (Å²) in [6.07, 6.45) is 0. The number of benzene rings is 3. The van der Waals surface area contributed by atoms with Crippen LogP contribution in [0, 0.1) is 12.7 Å². The second-order valence-corrected chi connectivity index (χ2v) is 7.34. The van der Waals surface area contributed by atoms with E-state index < -0.39 is 11.8 Å². The molecule has 144 valence electrons. The van der Waals surface area contributed by atoms with Crippen LogP contribution in [-0.4, -0.2) is 5.97 Å². The Labute approximate surface area is 173 Å². The average Bonchev–Trinajstić information content (AvgIpc) is 2.69. The summed E-state index contributed by atoms with van der Waals surface area (Å²) in [5.74, 6) is -0.376. The lowest BCUT2D eigenvalue weighted by Crippen LogP contribution is -2.10. The van der Waals surface area contributed by atoms with Crippen LogP contribution in [0.3, 0.4) is 0 Å². The minimum absolute atomic E-state index is 0.164. The van der Waals surface area contributed by atoms with Crippen LogP contribution < -0.4 is 10.2 Å². The van der Waals surface area contributed by atoms with Crippen molar-refractivity contribution in [3.8, 4) is 16.9 Å². The molecule has 0 radical (unpaired) electrons. The van der Waals surface area contributed by atoms with Gasteiger partial charge in [-0.25, -0.2) is 9.18 Å². The topological polar surface area (TPSA) is 56.5 Å². The summed E-state index contributed by atoms with van der Waals surface area (Å²) >= 11 is 3.38. The lowest BCUT2D eigenvalue weighted by Gasteiger charge is -2.09. The molecule has 0 aliphatic rings. The largest absolute Gasteiger partial charge is 0.460 e. The number of rotatable bonds is 3. The van der Waals surface area contributed by atoms with E-state index in [9.17, 15) is 14.0 Å². The van der Waals surface area contributed by atoms with Crippen LogP contribution in [0.15, 0.2) is 80.4 Å². The third-order valence-corrected chi connectivity index (χ3v) is 4.99. The van der Waals surface area contributed by atoms with Crippen molar-refractivity contribution in [1.29, 1.82) is 0 Å². The van der Waals surface area contributed by atoms with Crippen LogP contribution in [-0.2, 0) is 0 Å². The highest BCUT2D eigenvalue weighted by atomic mass is 79.9. The number of carbonyl (C=O) groups excluding carboxylic acids is 1. The van der Waals surface area contributed by atoms with Crippen LogP contribution in [0.5, 0.6) is 5.75 Å². The van der Waals surface area contributed by atoms with E-state index in [0.29, 0.717) is 22.3 Å². The fourth-order valence-electron chi connectivity index (χ4n) is 3.05. The van der Waals surface area contributed by atoms with Gasteiger partial charge in [-0.15, -0.1) is 0 Å². The van der Waals surface area contributed by atoms with Gasteiger partial charge in [-0.05, 0) is 61.0 Å². The van der Waals surface area contributed by atoms with Crippen LogP contribution in [0.1, 0.15) is 16.1 Å². The number of hydrogen-bond acceptors (Lipinski definition) is 4. The molecule has 3 aromatic carbocycles. The molecule has 1 heterocycles. The second-order valence-electron chi connectivity index (χ2n) is 6.42. The number of hydrogen-bond donors (Lipinski definition) is 0. The van der Waals surface area contributed by atoms with E-state index in [-0.39, 0.29) is 16.7 Å². The highest BCUT2D eigenvalue weighted by Crippen LogP contribution is 2.27. The van der Waals surface area contributed by atoms with Gasteiger partial charge >= 0.3 is 5.97 Å². The third kappa shape index (κ3) is 3.84. The van der Waals surface area contributed by atoms with Crippen molar-refractivity contribution >= 4 is 32.9 Å². The number of carbonyl (C=O) groups is 1. The van der Waals surface area contributed by atoms with Crippen LogP contribution in [0.2, 0.25) is 0 Å². The van der Waals surface area contributed by atoms with Gasteiger partial charge in [-0.1, -0.05) is 28.1 Å². The maximum atomic E-state index is 13.0. The number of halogens is 2. The summed E-state index contributed by atoms with van der Waals surface area (Å²) in [7, 11) is 0. The Morgan fingerprint density at radius 3 is 2.38 bits per heavy atom. The maximum Gasteiger partial charge on any atom is 0.343 e. The normalized spacial score (nSPS) is 10.9. The van der Waals surface area contributed by atoms with E-state index >= 15 is 0 Å². The molecule has 0 amide bonds. The van der Waals surface area contributed by atoms with Crippen molar-refractivity contribution in [3.63, 3.8) is 0 Å². The highest BCUT2D eigenvalue weighted by molar-refractivity contribution is 9.10. The van der Waals surface area contributed by atoms with Crippen molar-refractivity contribution in [2.45, 2.75) is 6.92 Å². The lowest BCUT2D eigenvalue weighted by atomic mass is 10.0. The molecule has 0 aliphatic carbocycles. The Bertz CT molecular complexity index is 1280. The average molecular weight is 453 g/mol. The summed E-state index contributed by atoms with van der Waals surface area (Å²) in [5.41, 5.74) is 1.61. The van der Waals surface area contributed by atoms with E-state index in [4.69, 9.17) is 9.15 Å². The molecule has 6 heteroatoms. The van der Waals surface area contributed by atoms with Gasteiger partial charge in [0.05, 0.1) is 16.5 Å². The molecule has 0 unspecified atom stereocenters. The van der Waals surface area contributed by atoms with Crippen LogP contribution >= 0.6 is 15.9 Å². The smallest absolute Gasteiger partial charge is 0.343 e. The molecule has 29 heavy (non-hydrogen) atoms. The predicted octanol–water partition coefficient (Wildman–Crippen LogP) is 5.89. The van der Waals surface area contributed by atoms with Crippen molar-refractivity contribution < 1.29 is 18.3 Å². The number of aryl methyl sites for hydroxylation is 1. The molecule has 4 nitrogen and oxygen atoms in total. The molecule has 4 aromatic rings. The number of esters is 1. The van der Waals surface area contributed by atoms with Gasteiger partial charge in [0, 0.05) is 10.5 Å². The van der Waals surface area contributed by atoms with E-state index in [0.717, 1.165) is 10.0 Å². The van der Waals surface area contributed by atoms with E-state index in [1.54, 1.807) is 13.0 Å². The van der Waals surface area contributed by atoms with E-state index in [2.05, 4.69) is 15.9 Å². The molecule has 1 aromatic heterocycles. The summed E-state index contributed by atoms with van der Waals surface area (Å²) in [6.45, 7) is 1.72. The standard InChI is InChI=1S/C23H14BrFO4/c1-13-21(14-2-6-16(24)7-3-14)22(26)19-11-10-18(12-20(19)28-13)29-23(27)15-4-8-17(25)9-5-15/h2-12H,1H3. The van der Waals surface area contributed by atoms with Crippen LogP contribution in [0.25, 0.3) is 22.1 Å².